The lowest BCUT2D eigenvalue weighted by atomic mass is 10.1. The van der Waals surface area contributed by atoms with Gasteiger partial charge < -0.3 is 28.7 Å². The molecule has 1 aliphatic heterocycles. The van der Waals surface area contributed by atoms with Crippen molar-refractivity contribution >= 4 is 19.5 Å². The van der Waals surface area contributed by atoms with Gasteiger partial charge in [0, 0.05) is 18.5 Å². The summed E-state index contributed by atoms with van der Waals surface area (Å²) in [5, 5.41) is 0. The van der Waals surface area contributed by atoms with Crippen LogP contribution >= 0.6 is 7.82 Å². The van der Waals surface area contributed by atoms with Crippen LogP contribution in [0.3, 0.4) is 0 Å². The molecule has 2 aromatic heterocycles. The molecule has 0 fully saturated rings. The van der Waals surface area contributed by atoms with E-state index in [1.807, 2.05) is 0 Å². The molecule has 3 heterocycles. The average molecular weight is 577 g/mol. The van der Waals surface area contributed by atoms with E-state index >= 15 is 0 Å². The summed E-state index contributed by atoms with van der Waals surface area (Å²) in [4.78, 5) is 46.9. The van der Waals surface area contributed by atoms with Crippen LogP contribution in [-0.2, 0) is 26.7 Å². The summed E-state index contributed by atoms with van der Waals surface area (Å²) >= 11 is 0. The Labute approximate surface area is 229 Å². The Balaban J connectivity index is 1.62. The van der Waals surface area contributed by atoms with Gasteiger partial charge in [-0.1, -0.05) is 0 Å². The normalized spacial score (nSPS) is 15.6. The number of anilines is 1. The third kappa shape index (κ3) is 6.31. The van der Waals surface area contributed by atoms with E-state index in [0.29, 0.717) is 28.8 Å². The SMILES string of the molecule is COc1cc(Cc2ncc(F)c(Cc3ccc4c(n3)N(COP(=O)([O-])O)C(=O)C(C)(C)O4)n2)cc(OC)c1OC. The van der Waals surface area contributed by atoms with Crippen molar-refractivity contribution in [2.75, 3.05) is 33.0 Å². The van der Waals surface area contributed by atoms with Gasteiger partial charge in [-0.15, -0.1) is 0 Å². The third-order valence-corrected chi connectivity index (χ3v) is 6.37. The summed E-state index contributed by atoms with van der Waals surface area (Å²) in [6.45, 7) is 2.15. The number of halogens is 1. The zero-order valence-corrected chi connectivity index (χ0v) is 23.2. The molecule has 1 unspecified atom stereocenters. The molecular formula is C25H27FN4O9P-. The Kier molecular flexibility index (Phi) is 8.26. The van der Waals surface area contributed by atoms with Crippen molar-refractivity contribution in [3.05, 3.63) is 59.1 Å². The molecule has 0 saturated heterocycles. The number of aromatic nitrogens is 3. The summed E-state index contributed by atoms with van der Waals surface area (Å²) in [6, 6.07) is 6.56. The molecule has 0 bridgehead atoms. The number of fused-ring (bicyclic) bond motifs is 1. The lowest BCUT2D eigenvalue weighted by Crippen LogP contribution is -2.53. The highest BCUT2D eigenvalue weighted by molar-refractivity contribution is 7.44. The van der Waals surface area contributed by atoms with Crippen LogP contribution in [0.4, 0.5) is 10.2 Å². The summed E-state index contributed by atoms with van der Waals surface area (Å²) in [5.41, 5.74) is -0.295. The first-order valence-electron chi connectivity index (χ1n) is 11.8. The predicted molar refractivity (Wildman–Crippen MR) is 136 cm³/mol. The van der Waals surface area contributed by atoms with Crippen molar-refractivity contribution < 1.29 is 47.0 Å². The first-order valence-corrected chi connectivity index (χ1v) is 13.3. The average Bonchev–Trinajstić information content (AvgIpc) is 2.89. The molecule has 1 N–H and O–H groups in total. The minimum Gasteiger partial charge on any atom is -0.756 e. The van der Waals surface area contributed by atoms with E-state index in [4.69, 9.17) is 23.8 Å². The van der Waals surface area contributed by atoms with Gasteiger partial charge in [0.1, 0.15) is 12.6 Å². The second-order valence-electron chi connectivity index (χ2n) is 9.16. The number of phosphoric ester groups is 1. The number of ether oxygens (including phenoxy) is 4. The lowest BCUT2D eigenvalue weighted by molar-refractivity contribution is -0.219. The quantitative estimate of drug-likeness (QED) is 0.350. The molecule has 15 heteroatoms. The van der Waals surface area contributed by atoms with Gasteiger partial charge >= 0.3 is 0 Å². The first kappa shape index (κ1) is 29.2. The summed E-state index contributed by atoms with van der Waals surface area (Å²) < 4.78 is 52.2. The van der Waals surface area contributed by atoms with Gasteiger partial charge in [-0.25, -0.2) is 19.3 Å². The molecule has 214 valence electrons. The number of amides is 1. The molecule has 3 aromatic rings. The number of benzene rings is 1. The van der Waals surface area contributed by atoms with E-state index in [1.165, 1.54) is 41.2 Å². The fourth-order valence-corrected chi connectivity index (χ4v) is 4.34. The number of rotatable bonds is 10. The minimum absolute atomic E-state index is 0.0375. The molecule has 1 amide bonds. The van der Waals surface area contributed by atoms with Gasteiger partial charge in [0.05, 0.1) is 33.2 Å². The Morgan fingerprint density at radius 2 is 1.77 bits per heavy atom. The number of nitrogens with zero attached hydrogens (tertiary/aromatic N) is 4. The van der Waals surface area contributed by atoms with Crippen LogP contribution in [0, 0.1) is 5.82 Å². The molecule has 1 atom stereocenters. The highest BCUT2D eigenvalue weighted by Gasteiger charge is 2.42. The van der Waals surface area contributed by atoms with E-state index in [9.17, 15) is 18.6 Å². The van der Waals surface area contributed by atoms with Crippen LogP contribution < -0.4 is 28.7 Å². The summed E-state index contributed by atoms with van der Waals surface area (Å²) in [5.74, 6) is 0.418. The molecule has 4 rings (SSSR count). The maximum absolute atomic E-state index is 14.7. The third-order valence-electron chi connectivity index (χ3n) is 5.93. The molecule has 40 heavy (non-hydrogen) atoms. The van der Waals surface area contributed by atoms with Crippen molar-refractivity contribution in [2.24, 2.45) is 0 Å². The van der Waals surface area contributed by atoms with Crippen LogP contribution in [0.25, 0.3) is 0 Å². The molecule has 0 radical (unpaired) electrons. The standard InChI is InChI=1S/C25H28FN4O9P/c1-25(2)24(31)30(13-38-40(32,33)34)23-18(39-25)7-6-15(28-23)11-17-16(26)12-27-21(29-17)10-14-8-19(35-3)22(37-5)20(9-14)36-4/h6-9,12H,10-11,13H2,1-5H3,(H2,32,33,34)/p-1. The highest BCUT2D eigenvalue weighted by Crippen LogP contribution is 2.40. The Morgan fingerprint density at radius 1 is 1.10 bits per heavy atom. The van der Waals surface area contributed by atoms with Crippen molar-refractivity contribution in [1.82, 2.24) is 15.0 Å². The van der Waals surface area contributed by atoms with Gasteiger partial charge in [-0.3, -0.25) is 18.8 Å². The monoisotopic (exact) mass is 577 g/mol. The van der Waals surface area contributed by atoms with Gasteiger partial charge in [-0.05, 0) is 43.7 Å². The number of hydrogen-bond donors (Lipinski definition) is 1. The van der Waals surface area contributed by atoms with Crippen LogP contribution in [0.1, 0.15) is 36.6 Å². The molecule has 1 aliphatic rings. The summed E-state index contributed by atoms with van der Waals surface area (Å²) in [6.07, 6.45) is 1.19. The maximum Gasteiger partial charge on any atom is 0.273 e. The van der Waals surface area contributed by atoms with E-state index in [2.05, 4.69) is 19.5 Å². The van der Waals surface area contributed by atoms with Crippen molar-refractivity contribution in [3.63, 3.8) is 0 Å². The minimum atomic E-state index is -5.14. The Hall–Kier alpha value is -3.84. The van der Waals surface area contributed by atoms with E-state index in [-0.39, 0.29) is 30.1 Å². The Bertz CT molecular complexity index is 1460. The van der Waals surface area contributed by atoms with Crippen molar-refractivity contribution in [2.45, 2.75) is 32.3 Å². The predicted octanol–water partition coefficient (Wildman–Crippen LogP) is 2.16. The van der Waals surface area contributed by atoms with Crippen LogP contribution in [0.5, 0.6) is 23.0 Å². The number of phosphoric acid groups is 1. The second kappa shape index (κ2) is 11.3. The fourth-order valence-electron chi connectivity index (χ4n) is 4.08. The number of methoxy groups -OCH3 is 3. The van der Waals surface area contributed by atoms with Gasteiger partial charge in [0.2, 0.25) is 5.75 Å². The number of carbonyl (C=O) groups is 1. The lowest BCUT2D eigenvalue weighted by Gasteiger charge is -2.38. The zero-order valence-electron chi connectivity index (χ0n) is 22.3. The van der Waals surface area contributed by atoms with Crippen molar-refractivity contribution in [3.8, 4) is 23.0 Å². The maximum atomic E-state index is 14.7. The number of hydrogen-bond acceptors (Lipinski definition) is 11. The molecule has 13 nitrogen and oxygen atoms in total. The van der Waals surface area contributed by atoms with Crippen LogP contribution in [0.15, 0.2) is 30.5 Å². The molecule has 0 saturated carbocycles. The van der Waals surface area contributed by atoms with Crippen LogP contribution in [-0.4, -0.2) is 59.4 Å². The Morgan fingerprint density at radius 3 is 2.38 bits per heavy atom. The largest absolute Gasteiger partial charge is 0.756 e. The molecular weight excluding hydrogens is 550 g/mol. The van der Waals surface area contributed by atoms with E-state index < -0.39 is 31.9 Å². The molecule has 0 spiro atoms. The number of carbonyl (C=O) groups excluding carboxylic acids is 1. The topological polar surface area (TPSA) is 165 Å². The zero-order chi connectivity index (χ0) is 29.2. The smallest absolute Gasteiger partial charge is 0.273 e. The fraction of sp³-hybridized carbons (Fsp3) is 0.360. The van der Waals surface area contributed by atoms with E-state index in [0.717, 1.165) is 16.7 Å². The van der Waals surface area contributed by atoms with E-state index in [1.54, 1.807) is 18.2 Å². The van der Waals surface area contributed by atoms with Gasteiger partial charge in [0.15, 0.2) is 34.5 Å². The highest BCUT2D eigenvalue weighted by atomic mass is 31.2. The van der Waals surface area contributed by atoms with Crippen molar-refractivity contribution in [1.29, 1.82) is 0 Å². The van der Waals surface area contributed by atoms with Gasteiger partial charge in [-0.2, -0.15) is 0 Å². The van der Waals surface area contributed by atoms with Gasteiger partial charge in [0.25, 0.3) is 13.7 Å². The summed E-state index contributed by atoms with van der Waals surface area (Å²) in [7, 11) is -0.653. The molecule has 1 aromatic carbocycles. The second-order valence-corrected chi connectivity index (χ2v) is 10.4. The molecule has 0 aliphatic carbocycles. The number of pyridine rings is 1. The first-order chi connectivity index (χ1) is 18.8. The van der Waals surface area contributed by atoms with Crippen LogP contribution in [0.2, 0.25) is 0 Å².